The number of anilines is 1. The summed E-state index contributed by atoms with van der Waals surface area (Å²) in [5.74, 6) is 0. The van der Waals surface area contributed by atoms with E-state index in [9.17, 15) is 20.2 Å². The molecule has 21 heavy (non-hydrogen) atoms. The number of nitro benzene ring substituents is 2. The Balaban J connectivity index is 2.28. The molecule has 3 rings (SSSR count). The first-order valence-corrected chi connectivity index (χ1v) is 6.00. The van der Waals surface area contributed by atoms with Crippen LogP contribution in [0.15, 0.2) is 10.7 Å². The molecule has 1 aromatic carbocycles. The van der Waals surface area contributed by atoms with Gasteiger partial charge in [0.05, 0.1) is 29.1 Å². The highest BCUT2D eigenvalue weighted by molar-refractivity contribution is 5.99. The molecule has 2 heterocycles. The third kappa shape index (κ3) is 2.12. The molecule has 11 heteroatoms. The molecular formula is C10H9N5O6. The molecule has 1 aromatic heterocycles. The molecule has 0 spiro atoms. The van der Waals surface area contributed by atoms with E-state index in [4.69, 9.17) is 4.74 Å². The van der Waals surface area contributed by atoms with Crippen LogP contribution in [-0.2, 0) is 4.74 Å². The average Bonchev–Trinajstić information content (AvgIpc) is 2.95. The van der Waals surface area contributed by atoms with E-state index >= 15 is 0 Å². The van der Waals surface area contributed by atoms with E-state index in [1.807, 2.05) is 0 Å². The number of nitro groups is 2. The van der Waals surface area contributed by atoms with Gasteiger partial charge in [-0.2, -0.15) is 0 Å². The molecule has 2 aromatic rings. The quantitative estimate of drug-likeness (QED) is 0.596. The van der Waals surface area contributed by atoms with Crippen molar-refractivity contribution in [1.29, 1.82) is 0 Å². The molecule has 0 amide bonds. The van der Waals surface area contributed by atoms with Crippen LogP contribution < -0.4 is 4.90 Å². The van der Waals surface area contributed by atoms with Crippen LogP contribution in [0.3, 0.4) is 0 Å². The molecule has 0 N–H and O–H groups in total. The van der Waals surface area contributed by atoms with Crippen LogP contribution in [-0.4, -0.2) is 46.5 Å². The van der Waals surface area contributed by atoms with Crippen molar-refractivity contribution in [2.75, 3.05) is 31.2 Å². The van der Waals surface area contributed by atoms with Crippen LogP contribution >= 0.6 is 0 Å². The molecule has 1 saturated heterocycles. The minimum absolute atomic E-state index is 0.0119. The van der Waals surface area contributed by atoms with Gasteiger partial charge in [-0.3, -0.25) is 20.2 Å². The Bertz CT molecular complexity index is 722. The van der Waals surface area contributed by atoms with Crippen molar-refractivity contribution in [3.8, 4) is 0 Å². The molecule has 0 atom stereocenters. The first-order chi connectivity index (χ1) is 10.1. The molecule has 0 bridgehead atoms. The van der Waals surface area contributed by atoms with Gasteiger partial charge in [0.1, 0.15) is 5.69 Å². The molecule has 11 nitrogen and oxygen atoms in total. The van der Waals surface area contributed by atoms with Crippen molar-refractivity contribution >= 4 is 28.1 Å². The zero-order chi connectivity index (χ0) is 15.0. The van der Waals surface area contributed by atoms with Gasteiger partial charge in [-0.05, 0) is 10.3 Å². The highest BCUT2D eigenvalue weighted by atomic mass is 16.6. The van der Waals surface area contributed by atoms with E-state index in [0.717, 1.165) is 6.07 Å². The number of non-ortho nitro benzene ring substituents is 1. The Morgan fingerprint density at radius 3 is 2.29 bits per heavy atom. The van der Waals surface area contributed by atoms with Crippen LogP contribution in [0.4, 0.5) is 17.1 Å². The zero-order valence-electron chi connectivity index (χ0n) is 10.6. The number of fused-ring (bicyclic) bond motifs is 1. The number of rotatable bonds is 3. The maximum Gasteiger partial charge on any atom is 0.307 e. The van der Waals surface area contributed by atoms with Gasteiger partial charge in [0.15, 0.2) is 5.52 Å². The summed E-state index contributed by atoms with van der Waals surface area (Å²) in [7, 11) is 0. The summed E-state index contributed by atoms with van der Waals surface area (Å²) in [6, 6.07) is 0.886. The average molecular weight is 295 g/mol. The lowest BCUT2D eigenvalue weighted by Gasteiger charge is -2.28. The molecule has 110 valence electrons. The first-order valence-electron chi connectivity index (χ1n) is 6.00. The summed E-state index contributed by atoms with van der Waals surface area (Å²) in [5.41, 5.74) is -0.822. The Morgan fingerprint density at radius 2 is 1.67 bits per heavy atom. The summed E-state index contributed by atoms with van der Waals surface area (Å²) < 4.78 is 9.73. The fraction of sp³-hybridized carbons (Fsp3) is 0.400. The summed E-state index contributed by atoms with van der Waals surface area (Å²) in [6.07, 6.45) is 0. The van der Waals surface area contributed by atoms with E-state index in [1.54, 1.807) is 4.90 Å². The number of aromatic nitrogens is 2. The Hall–Kier alpha value is -2.82. The summed E-state index contributed by atoms with van der Waals surface area (Å²) in [5, 5.41) is 29.4. The number of ether oxygens (including phenoxy) is 1. The second-order valence-electron chi connectivity index (χ2n) is 4.34. The smallest absolute Gasteiger partial charge is 0.307 e. The maximum atomic E-state index is 11.3. The van der Waals surface area contributed by atoms with Gasteiger partial charge in [-0.1, -0.05) is 0 Å². The summed E-state index contributed by atoms with van der Waals surface area (Å²) in [6.45, 7) is 1.64. The molecule has 0 aliphatic carbocycles. The second-order valence-corrected chi connectivity index (χ2v) is 4.34. The van der Waals surface area contributed by atoms with Crippen molar-refractivity contribution in [3.05, 3.63) is 26.3 Å². The summed E-state index contributed by atoms with van der Waals surface area (Å²) in [4.78, 5) is 22.5. The van der Waals surface area contributed by atoms with E-state index in [1.165, 1.54) is 0 Å². The zero-order valence-corrected chi connectivity index (χ0v) is 10.6. The molecule has 1 aliphatic heterocycles. The SMILES string of the molecule is O=[N+]([O-])c1cc([N+](=O)[O-])c2nonc2c1N1CCOCC1. The van der Waals surface area contributed by atoms with Gasteiger partial charge in [0.2, 0.25) is 5.52 Å². The lowest BCUT2D eigenvalue weighted by molar-refractivity contribution is -0.392. The van der Waals surface area contributed by atoms with Crippen LogP contribution in [0.25, 0.3) is 11.0 Å². The Labute approximate surface area is 116 Å². The van der Waals surface area contributed by atoms with E-state index in [2.05, 4.69) is 14.9 Å². The molecular weight excluding hydrogens is 286 g/mol. The highest BCUT2D eigenvalue weighted by Crippen LogP contribution is 2.40. The predicted molar refractivity (Wildman–Crippen MR) is 68.1 cm³/mol. The fourth-order valence-corrected chi connectivity index (χ4v) is 2.28. The third-order valence-electron chi connectivity index (χ3n) is 3.19. The minimum Gasteiger partial charge on any atom is -0.378 e. The molecule has 1 fully saturated rings. The van der Waals surface area contributed by atoms with Crippen molar-refractivity contribution in [3.63, 3.8) is 0 Å². The standard InChI is InChI=1S/C10H9N5O6/c16-14(17)6-5-7(15(18)19)10(9-8(6)11-21-12-9)13-1-3-20-4-2-13/h5H,1-4H2. The van der Waals surface area contributed by atoms with Crippen molar-refractivity contribution in [2.24, 2.45) is 0 Å². The Morgan fingerprint density at radius 1 is 1.05 bits per heavy atom. The van der Waals surface area contributed by atoms with Crippen molar-refractivity contribution in [1.82, 2.24) is 10.3 Å². The number of nitrogens with zero attached hydrogens (tertiary/aromatic N) is 5. The molecule has 0 radical (unpaired) electrons. The van der Waals surface area contributed by atoms with Gasteiger partial charge < -0.3 is 9.64 Å². The Kier molecular flexibility index (Phi) is 3.10. The van der Waals surface area contributed by atoms with Crippen LogP contribution in [0.1, 0.15) is 0 Å². The van der Waals surface area contributed by atoms with E-state index < -0.39 is 21.2 Å². The maximum absolute atomic E-state index is 11.3. The van der Waals surface area contributed by atoms with Crippen LogP contribution in [0.2, 0.25) is 0 Å². The lowest BCUT2D eigenvalue weighted by Crippen LogP contribution is -2.36. The fourth-order valence-electron chi connectivity index (χ4n) is 2.28. The van der Waals surface area contributed by atoms with Gasteiger partial charge in [-0.15, -0.1) is 0 Å². The molecule has 0 unspecified atom stereocenters. The minimum atomic E-state index is -0.747. The van der Waals surface area contributed by atoms with Crippen LogP contribution in [0, 0.1) is 20.2 Å². The van der Waals surface area contributed by atoms with E-state index in [0.29, 0.717) is 26.3 Å². The first kappa shape index (κ1) is 13.2. The lowest BCUT2D eigenvalue weighted by atomic mass is 10.1. The molecule has 0 saturated carbocycles. The van der Waals surface area contributed by atoms with Crippen molar-refractivity contribution in [2.45, 2.75) is 0 Å². The largest absolute Gasteiger partial charge is 0.378 e. The van der Waals surface area contributed by atoms with Gasteiger partial charge in [-0.25, -0.2) is 4.63 Å². The van der Waals surface area contributed by atoms with Gasteiger partial charge in [0.25, 0.3) is 0 Å². The van der Waals surface area contributed by atoms with E-state index in [-0.39, 0.29) is 16.7 Å². The number of hydrogen-bond acceptors (Lipinski definition) is 9. The van der Waals surface area contributed by atoms with Crippen molar-refractivity contribution < 1.29 is 19.2 Å². The topological polar surface area (TPSA) is 138 Å². The van der Waals surface area contributed by atoms with Crippen LogP contribution in [0.5, 0.6) is 0 Å². The monoisotopic (exact) mass is 295 g/mol. The number of benzene rings is 1. The van der Waals surface area contributed by atoms with Gasteiger partial charge in [0, 0.05) is 13.1 Å². The normalized spacial score (nSPS) is 15.3. The molecule has 1 aliphatic rings. The highest BCUT2D eigenvalue weighted by Gasteiger charge is 2.32. The third-order valence-corrected chi connectivity index (χ3v) is 3.19. The summed E-state index contributed by atoms with van der Waals surface area (Å²) >= 11 is 0. The second kappa shape index (κ2) is 4.94. The predicted octanol–water partition coefficient (Wildman–Crippen LogP) is 0.876. The number of hydrogen-bond donors (Lipinski definition) is 0. The number of morpholine rings is 1. The van der Waals surface area contributed by atoms with Gasteiger partial charge >= 0.3 is 11.4 Å².